The maximum absolute atomic E-state index is 13.3. The molecule has 0 bridgehead atoms. The van der Waals surface area contributed by atoms with Crippen molar-refractivity contribution in [3.63, 3.8) is 0 Å². The number of hydrogen-bond acceptors (Lipinski definition) is 3. The van der Waals surface area contributed by atoms with Gasteiger partial charge < -0.3 is 10.6 Å². The molecule has 128 valence electrons. The van der Waals surface area contributed by atoms with Crippen molar-refractivity contribution in [1.82, 2.24) is 15.5 Å². The molecule has 0 aliphatic carbocycles. The number of rotatable bonds is 4. The molecule has 2 rings (SSSR count). The maximum Gasteiger partial charge on any atom is 0.405 e. The van der Waals surface area contributed by atoms with Gasteiger partial charge in [0.2, 0.25) is 0 Å². The summed E-state index contributed by atoms with van der Waals surface area (Å²) >= 11 is 3.26. The topological polar surface area (TPSA) is 44.4 Å². The van der Waals surface area contributed by atoms with Crippen LogP contribution in [0.25, 0.3) is 0 Å². The van der Waals surface area contributed by atoms with Crippen molar-refractivity contribution in [3.05, 3.63) is 33.8 Å². The number of piperazine rings is 1. The van der Waals surface area contributed by atoms with E-state index in [0.29, 0.717) is 36.2 Å². The van der Waals surface area contributed by atoms with Crippen LogP contribution in [0, 0.1) is 6.92 Å². The van der Waals surface area contributed by atoms with Gasteiger partial charge in [0.25, 0.3) is 5.91 Å². The lowest BCUT2D eigenvalue weighted by molar-refractivity contribution is -0.183. The van der Waals surface area contributed by atoms with Crippen molar-refractivity contribution < 1.29 is 18.0 Å². The van der Waals surface area contributed by atoms with E-state index in [4.69, 9.17) is 0 Å². The molecule has 0 saturated carbocycles. The van der Waals surface area contributed by atoms with Gasteiger partial charge in [0.15, 0.2) is 0 Å². The molecule has 1 aromatic carbocycles. The number of alkyl halides is 3. The number of halogens is 4. The van der Waals surface area contributed by atoms with Gasteiger partial charge in [-0.3, -0.25) is 9.69 Å². The fraction of sp³-hybridized carbons (Fsp3) is 0.533. The van der Waals surface area contributed by atoms with Gasteiger partial charge in [-0.05, 0) is 24.6 Å². The van der Waals surface area contributed by atoms with Crippen molar-refractivity contribution in [1.29, 1.82) is 0 Å². The largest absolute Gasteiger partial charge is 0.405 e. The normalized spacial score (nSPS) is 17.8. The SMILES string of the molecule is Cc1ccc(Br)cc1C(=O)NCC(N1CCNCC1)C(F)(F)F. The highest BCUT2D eigenvalue weighted by Gasteiger charge is 2.43. The fourth-order valence-electron chi connectivity index (χ4n) is 2.57. The number of nitrogens with one attached hydrogen (secondary N) is 2. The standard InChI is InChI=1S/C15H19BrF3N3O/c1-10-2-3-11(16)8-12(10)14(23)21-9-13(15(17,18)19)22-6-4-20-5-7-22/h2-3,8,13,20H,4-7,9H2,1H3,(H,21,23). The minimum atomic E-state index is -4.38. The first-order chi connectivity index (χ1) is 10.8. The van der Waals surface area contributed by atoms with Crippen LogP contribution in [0.3, 0.4) is 0 Å². The second kappa shape index (κ2) is 7.63. The molecule has 1 fully saturated rings. The van der Waals surface area contributed by atoms with Crippen LogP contribution < -0.4 is 10.6 Å². The number of carbonyl (C=O) groups excluding carboxylic acids is 1. The molecular weight excluding hydrogens is 375 g/mol. The van der Waals surface area contributed by atoms with Crippen LogP contribution >= 0.6 is 15.9 Å². The predicted molar refractivity (Wildman–Crippen MR) is 85.5 cm³/mol. The molecule has 0 spiro atoms. The van der Waals surface area contributed by atoms with E-state index >= 15 is 0 Å². The zero-order valence-corrected chi connectivity index (χ0v) is 14.3. The molecule has 1 amide bonds. The first-order valence-electron chi connectivity index (χ1n) is 7.35. The molecule has 23 heavy (non-hydrogen) atoms. The second-order valence-electron chi connectivity index (χ2n) is 5.51. The summed E-state index contributed by atoms with van der Waals surface area (Å²) in [6.45, 7) is 2.97. The molecule has 1 atom stereocenters. The lowest BCUT2D eigenvalue weighted by Gasteiger charge is -2.35. The molecule has 8 heteroatoms. The van der Waals surface area contributed by atoms with Gasteiger partial charge in [0.1, 0.15) is 6.04 Å². The molecule has 1 aliphatic rings. The Kier molecular flexibility index (Phi) is 6.05. The summed E-state index contributed by atoms with van der Waals surface area (Å²) in [5.74, 6) is -0.492. The van der Waals surface area contributed by atoms with Crippen molar-refractivity contribution in [3.8, 4) is 0 Å². The maximum atomic E-state index is 13.3. The van der Waals surface area contributed by atoms with Crippen LogP contribution in [0.2, 0.25) is 0 Å². The van der Waals surface area contributed by atoms with E-state index in [9.17, 15) is 18.0 Å². The van der Waals surface area contributed by atoms with Crippen LogP contribution in [-0.4, -0.2) is 55.7 Å². The summed E-state index contributed by atoms with van der Waals surface area (Å²) in [6, 6.07) is 3.47. The van der Waals surface area contributed by atoms with Gasteiger partial charge in [-0.2, -0.15) is 13.2 Å². The summed E-state index contributed by atoms with van der Waals surface area (Å²) in [5, 5.41) is 5.45. The molecule has 1 heterocycles. The van der Waals surface area contributed by atoms with Gasteiger partial charge in [0, 0.05) is 42.8 Å². The van der Waals surface area contributed by atoms with E-state index in [1.54, 1.807) is 25.1 Å². The average Bonchev–Trinajstić information content (AvgIpc) is 2.49. The lowest BCUT2D eigenvalue weighted by atomic mass is 10.1. The third kappa shape index (κ3) is 4.92. The summed E-state index contributed by atoms with van der Waals surface area (Å²) in [4.78, 5) is 13.6. The first kappa shape index (κ1) is 18.2. The van der Waals surface area contributed by atoms with Crippen molar-refractivity contribution in [2.24, 2.45) is 0 Å². The van der Waals surface area contributed by atoms with Crippen LogP contribution in [0.15, 0.2) is 22.7 Å². The van der Waals surface area contributed by atoms with E-state index in [1.165, 1.54) is 4.90 Å². The molecule has 0 radical (unpaired) electrons. The van der Waals surface area contributed by atoms with E-state index in [1.807, 2.05) is 0 Å². The fourth-order valence-corrected chi connectivity index (χ4v) is 2.93. The third-order valence-electron chi connectivity index (χ3n) is 3.87. The van der Waals surface area contributed by atoms with Gasteiger partial charge in [0.05, 0.1) is 0 Å². The van der Waals surface area contributed by atoms with Crippen LogP contribution in [0.1, 0.15) is 15.9 Å². The average molecular weight is 394 g/mol. The molecule has 1 aliphatic heterocycles. The quantitative estimate of drug-likeness (QED) is 0.824. The first-order valence-corrected chi connectivity index (χ1v) is 8.14. The Labute approximate surface area is 141 Å². The van der Waals surface area contributed by atoms with Gasteiger partial charge in [-0.25, -0.2) is 0 Å². The van der Waals surface area contributed by atoms with Crippen LogP contribution in [-0.2, 0) is 0 Å². The Balaban J connectivity index is 2.05. The number of aryl methyl sites for hydroxylation is 1. The number of amides is 1. The molecule has 1 unspecified atom stereocenters. The van der Waals surface area contributed by atoms with Gasteiger partial charge >= 0.3 is 6.18 Å². The molecule has 4 nitrogen and oxygen atoms in total. The Bertz CT molecular complexity index is 559. The Hall–Kier alpha value is -1.12. The number of hydrogen-bond donors (Lipinski definition) is 2. The number of nitrogens with zero attached hydrogens (tertiary/aromatic N) is 1. The van der Waals surface area contributed by atoms with Crippen LogP contribution in [0.4, 0.5) is 13.2 Å². The van der Waals surface area contributed by atoms with Crippen molar-refractivity contribution in [2.45, 2.75) is 19.1 Å². The van der Waals surface area contributed by atoms with E-state index < -0.39 is 24.7 Å². The minimum absolute atomic E-state index is 0.315. The van der Waals surface area contributed by atoms with E-state index in [-0.39, 0.29) is 0 Å². The zero-order chi connectivity index (χ0) is 17.0. The zero-order valence-electron chi connectivity index (χ0n) is 12.7. The summed E-state index contributed by atoms with van der Waals surface area (Å²) in [6.07, 6.45) is -4.38. The van der Waals surface area contributed by atoms with Gasteiger partial charge in [-0.1, -0.05) is 22.0 Å². The molecule has 1 saturated heterocycles. The Morgan fingerprint density at radius 3 is 2.65 bits per heavy atom. The minimum Gasteiger partial charge on any atom is -0.350 e. The highest BCUT2D eigenvalue weighted by molar-refractivity contribution is 9.10. The molecule has 0 aromatic heterocycles. The Morgan fingerprint density at radius 2 is 2.04 bits per heavy atom. The monoisotopic (exact) mass is 393 g/mol. The van der Waals surface area contributed by atoms with Crippen molar-refractivity contribution >= 4 is 21.8 Å². The predicted octanol–water partition coefficient (Wildman–Crippen LogP) is 2.32. The Morgan fingerprint density at radius 1 is 1.39 bits per heavy atom. The molecular formula is C15H19BrF3N3O. The number of carbonyl (C=O) groups is 1. The highest BCUT2D eigenvalue weighted by atomic mass is 79.9. The van der Waals surface area contributed by atoms with E-state index in [0.717, 1.165) is 5.56 Å². The molecule has 1 aromatic rings. The lowest BCUT2D eigenvalue weighted by Crippen LogP contribution is -2.57. The van der Waals surface area contributed by atoms with E-state index in [2.05, 4.69) is 26.6 Å². The summed E-state index contributed by atoms with van der Waals surface area (Å²) in [7, 11) is 0. The molecule has 2 N–H and O–H groups in total. The highest BCUT2D eigenvalue weighted by Crippen LogP contribution is 2.25. The summed E-state index contributed by atoms with van der Waals surface area (Å²) < 4.78 is 40.6. The third-order valence-corrected chi connectivity index (χ3v) is 4.36. The van der Waals surface area contributed by atoms with Crippen molar-refractivity contribution in [2.75, 3.05) is 32.7 Å². The number of benzene rings is 1. The smallest absolute Gasteiger partial charge is 0.350 e. The second-order valence-corrected chi connectivity index (χ2v) is 6.43. The van der Waals surface area contributed by atoms with Gasteiger partial charge in [-0.15, -0.1) is 0 Å². The summed E-state index contributed by atoms with van der Waals surface area (Å²) in [5.41, 5.74) is 1.09. The van der Waals surface area contributed by atoms with Crippen LogP contribution in [0.5, 0.6) is 0 Å².